The number of anilines is 3. The van der Waals surface area contributed by atoms with Gasteiger partial charge < -0.3 is 24.6 Å². The number of piperidine rings is 1. The molecule has 0 unspecified atom stereocenters. The van der Waals surface area contributed by atoms with Crippen LogP contribution in [0.4, 0.5) is 22.0 Å². The van der Waals surface area contributed by atoms with Gasteiger partial charge in [-0.15, -0.1) is 0 Å². The van der Waals surface area contributed by atoms with Crippen molar-refractivity contribution in [2.24, 2.45) is 0 Å². The first-order valence-electron chi connectivity index (χ1n) is 15.1. The van der Waals surface area contributed by atoms with Crippen molar-refractivity contribution in [2.45, 2.75) is 83.9 Å². The fraction of sp³-hybridized carbons (Fsp3) is 0.500. The normalized spacial score (nSPS) is 20.6. The predicted octanol–water partition coefficient (Wildman–Crippen LogP) is 5.71. The molecule has 0 atom stereocenters. The number of carbonyl (C=O) groups is 2. The summed E-state index contributed by atoms with van der Waals surface area (Å²) >= 11 is 0. The Hall–Kier alpha value is -4.21. The number of hydrogen-bond acceptors (Lipinski definition) is 10. The van der Waals surface area contributed by atoms with Crippen LogP contribution in [0.2, 0.25) is 0 Å². The van der Waals surface area contributed by atoms with Crippen LogP contribution in [0.3, 0.4) is 0 Å². The van der Waals surface area contributed by atoms with E-state index < -0.39 is 33.1 Å². The van der Waals surface area contributed by atoms with Crippen molar-refractivity contribution in [3.05, 3.63) is 54.0 Å². The number of nitrogens with zero attached hydrogens (tertiary/aromatic N) is 3. The van der Waals surface area contributed by atoms with E-state index in [2.05, 4.69) is 26.1 Å². The molecule has 3 N–H and O–H groups in total. The number of carbonyl (C=O) groups excluding carboxylic acids is 2. The SMILES string of the molecule is COc1cc(NC(=O)c2ccc(OC3CC(C)(C)[N+](C)(OS(C)(=O)=O)C(C)(C)C3)cn2)ccc1NC(=O)Nc1cc(C(C)(C)C)on1. The van der Waals surface area contributed by atoms with Gasteiger partial charge in [-0.05, 0) is 52.0 Å². The van der Waals surface area contributed by atoms with Crippen molar-refractivity contribution in [3.63, 3.8) is 0 Å². The second-order valence-electron chi connectivity index (χ2n) is 14.1. The molecule has 0 bridgehead atoms. The zero-order chi connectivity index (χ0) is 35.0. The second-order valence-corrected chi connectivity index (χ2v) is 15.7. The number of rotatable bonds is 9. The summed E-state index contributed by atoms with van der Waals surface area (Å²) in [5.41, 5.74) is -0.480. The van der Waals surface area contributed by atoms with Crippen LogP contribution in [-0.2, 0) is 19.8 Å². The molecule has 2 aromatic heterocycles. The van der Waals surface area contributed by atoms with Gasteiger partial charge in [0.05, 0.1) is 25.2 Å². The molecular weight excluding hydrogens is 628 g/mol. The summed E-state index contributed by atoms with van der Waals surface area (Å²) < 4.78 is 46.6. The number of quaternary nitrogens is 1. The topological polar surface area (TPSA) is 171 Å². The van der Waals surface area contributed by atoms with Gasteiger partial charge in [-0.1, -0.05) is 30.2 Å². The van der Waals surface area contributed by atoms with E-state index in [-0.39, 0.29) is 27.7 Å². The van der Waals surface area contributed by atoms with Crippen molar-refractivity contribution in [1.29, 1.82) is 0 Å². The van der Waals surface area contributed by atoms with E-state index in [1.165, 1.54) is 13.3 Å². The van der Waals surface area contributed by atoms with Crippen LogP contribution in [-0.4, -0.2) is 72.7 Å². The Morgan fingerprint density at radius 1 is 1.00 bits per heavy atom. The number of ether oxygens (including phenoxy) is 2. The Morgan fingerprint density at radius 2 is 1.66 bits per heavy atom. The zero-order valence-electron chi connectivity index (χ0n) is 28.5. The summed E-state index contributed by atoms with van der Waals surface area (Å²) in [6.45, 7) is 13.7. The quantitative estimate of drug-likeness (QED) is 0.239. The van der Waals surface area contributed by atoms with E-state index in [4.69, 9.17) is 18.3 Å². The molecule has 3 amide bonds. The Balaban J connectivity index is 1.37. The zero-order valence-corrected chi connectivity index (χ0v) is 29.4. The number of methoxy groups -OCH3 is 1. The summed E-state index contributed by atoms with van der Waals surface area (Å²) in [6, 6.07) is 9.13. The molecule has 0 saturated carbocycles. The van der Waals surface area contributed by atoms with E-state index in [0.29, 0.717) is 41.5 Å². The van der Waals surface area contributed by atoms with Gasteiger partial charge in [-0.25, -0.2) is 9.78 Å². The number of aromatic nitrogens is 2. The first kappa shape index (κ1) is 35.6. The molecule has 1 aliphatic heterocycles. The van der Waals surface area contributed by atoms with E-state index in [9.17, 15) is 18.0 Å². The van der Waals surface area contributed by atoms with Gasteiger partial charge in [0, 0.05) is 36.1 Å². The third-order valence-electron chi connectivity index (χ3n) is 8.52. The maximum Gasteiger partial charge on any atom is 0.325 e. The standard InChI is InChI=1S/C32H44N6O8S/c1-30(2,3)26-16-27(37-45-26)36-29(40)35-23-13-11-20(15-25(23)43-9)34-28(39)24-14-12-21(19-33-24)44-22-17-31(4,5)38(8,32(6,7)18-22)46-47(10,41)42/h11-16,19,22H,17-18H2,1-10H3,(H2-,33,34,35,36,37,39,40)/p+1. The van der Waals surface area contributed by atoms with Crippen LogP contribution in [0.15, 0.2) is 47.1 Å². The minimum Gasteiger partial charge on any atom is -0.494 e. The average molecular weight is 674 g/mol. The Kier molecular flexibility index (Phi) is 9.68. The number of benzene rings is 1. The lowest BCUT2D eigenvalue weighted by molar-refractivity contribution is -1.14. The molecule has 1 fully saturated rings. The van der Waals surface area contributed by atoms with Gasteiger partial charge in [0.1, 0.15) is 47.2 Å². The molecule has 0 radical (unpaired) electrons. The molecule has 1 saturated heterocycles. The fourth-order valence-electron chi connectivity index (χ4n) is 5.71. The first-order valence-corrected chi connectivity index (χ1v) is 16.9. The number of hydroxylamine groups is 3. The van der Waals surface area contributed by atoms with Crippen molar-refractivity contribution >= 4 is 39.2 Å². The van der Waals surface area contributed by atoms with Crippen molar-refractivity contribution in [1.82, 2.24) is 10.1 Å². The van der Waals surface area contributed by atoms with Crippen LogP contribution in [0.25, 0.3) is 0 Å². The molecule has 15 heteroatoms. The molecule has 47 heavy (non-hydrogen) atoms. The molecule has 3 heterocycles. The van der Waals surface area contributed by atoms with E-state index >= 15 is 0 Å². The molecule has 3 aromatic rings. The minimum absolute atomic E-state index is 0.119. The minimum atomic E-state index is -3.71. The third kappa shape index (κ3) is 8.21. The number of pyridine rings is 1. The van der Waals surface area contributed by atoms with Gasteiger partial charge in [0.25, 0.3) is 5.91 Å². The van der Waals surface area contributed by atoms with Gasteiger partial charge in [0.15, 0.2) is 5.82 Å². The van der Waals surface area contributed by atoms with Crippen LogP contribution in [0.5, 0.6) is 11.5 Å². The highest BCUT2D eigenvalue weighted by atomic mass is 32.2. The highest BCUT2D eigenvalue weighted by Gasteiger charge is 2.61. The maximum atomic E-state index is 13.0. The first-order chi connectivity index (χ1) is 21.6. The number of urea groups is 1. The lowest BCUT2D eigenvalue weighted by atomic mass is 9.78. The van der Waals surface area contributed by atoms with Crippen LogP contribution in [0.1, 0.15) is 77.6 Å². The van der Waals surface area contributed by atoms with Crippen LogP contribution >= 0.6 is 0 Å². The molecular formula is C32H45N6O8S+. The highest BCUT2D eigenvalue weighted by molar-refractivity contribution is 7.85. The Bertz CT molecular complexity index is 1710. The lowest BCUT2D eigenvalue weighted by Crippen LogP contribution is -2.73. The van der Waals surface area contributed by atoms with E-state index in [1.54, 1.807) is 43.4 Å². The summed E-state index contributed by atoms with van der Waals surface area (Å²) in [7, 11) is -0.477. The smallest absolute Gasteiger partial charge is 0.325 e. The molecule has 14 nitrogen and oxygen atoms in total. The average Bonchev–Trinajstić information content (AvgIpc) is 3.41. The number of amides is 3. The number of hydrogen-bond donors (Lipinski definition) is 3. The van der Waals surface area contributed by atoms with Gasteiger partial charge >= 0.3 is 16.1 Å². The summed E-state index contributed by atoms with van der Waals surface area (Å²) in [6.07, 6.45) is 3.35. The van der Waals surface area contributed by atoms with Gasteiger partial charge in [0.2, 0.25) is 0 Å². The fourth-order valence-corrected chi connectivity index (χ4v) is 6.66. The molecule has 0 aliphatic carbocycles. The maximum absolute atomic E-state index is 13.0. The summed E-state index contributed by atoms with van der Waals surface area (Å²) in [5.74, 6) is 1.25. The molecule has 256 valence electrons. The lowest BCUT2D eigenvalue weighted by Gasteiger charge is -2.56. The molecule has 4 rings (SSSR count). The van der Waals surface area contributed by atoms with E-state index in [1.807, 2.05) is 48.5 Å². The van der Waals surface area contributed by atoms with Gasteiger partial charge in [-0.3, -0.25) is 10.1 Å². The summed E-state index contributed by atoms with van der Waals surface area (Å²) in [5, 5.41) is 12.0. The van der Waals surface area contributed by atoms with Gasteiger partial charge in [-0.2, -0.15) is 13.1 Å². The van der Waals surface area contributed by atoms with E-state index in [0.717, 1.165) is 6.26 Å². The predicted molar refractivity (Wildman–Crippen MR) is 177 cm³/mol. The molecule has 1 aromatic carbocycles. The van der Waals surface area contributed by atoms with Crippen LogP contribution < -0.4 is 25.4 Å². The number of nitrogens with one attached hydrogen (secondary N) is 3. The summed E-state index contributed by atoms with van der Waals surface area (Å²) in [4.78, 5) is 29.9. The third-order valence-corrected chi connectivity index (χ3v) is 9.09. The van der Waals surface area contributed by atoms with Crippen molar-refractivity contribution in [2.75, 3.05) is 36.4 Å². The van der Waals surface area contributed by atoms with Crippen molar-refractivity contribution in [3.8, 4) is 11.5 Å². The van der Waals surface area contributed by atoms with Crippen LogP contribution in [0, 0.1) is 0 Å². The number of likely N-dealkylation sites (tertiary alicyclic amines) is 1. The molecule has 0 spiro atoms. The Morgan fingerprint density at radius 3 is 2.19 bits per heavy atom. The van der Waals surface area contributed by atoms with Crippen molar-refractivity contribution < 1.29 is 40.9 Å². The highest BCUT2D eigenvalue weighted by Crippen LogP contribution is 2.46. The second kappa shape index (κ2) is 12.8. The monoisotopic (exact) mass is 673 g/mol. The largest absolute Gasteiger partial charge is 0.494 e. The molecule has 1 aliphatic rings. The Labute approximate surface area is 275 Å².